The lowest BCUT2D eigenvalue weighted by Gasteiger charge is -2.22. The molecule has 0 aliphatic heterocycles. The Morgan fingerprint density at radius 2 is 2.00 bits per heavy atom. The summed E-state index contributed by atoms with van der Waals surface area (Å²) in [5.74, 6) is -0.0552. The Hall–Kier alpha value is -1.60. The molecule has 0 atom stereocenters. The maximum atomic E-state index is 12.8. The third-order valence-electron chi connectivity index (χ3n) is 3.06. The van der Waals surface area contributed by atoms with Crippen LogP contribution in [0.4, 0.5) is 0 Å². The van der Waals surface area contributed by atoms with Crippen LogP contribution in [0.3, 0.4) is 0 Å². The molecule has 1 amide bonds. The highest BCUT2D eigenvalue weighted by atomic mass is 32.2. The quantitative estimate of drug-likeness (QED) is 0.824. The Kier molecular flexibility index (Phi) is 6.37. The highest BCUT2D eigenvalue weighted by molar-refractivity contribution is 7.89. The molecule has 0 fully saturated rings. The SMILES string of the molecule is CCN(CC(=O)NC(C)C)S(=O)(=O)c1cc(C)ccc1OC. The molecule has 0 bridgehead atoms. The lowest BCUT2D eigenvalue weighted by atomic mass is 10.2. The fraction of sp³-hybridized carbons (Fsp3) is 0.533. The summed E-state index contributed by atoms with van der Waals surface area (Å²) in [6.07, 6.45) is 0. The van der Waals surface area contributed by atoms with Gasteiger partial charge >= 0.3 is 0 Å². The van der Waals surface area contributed by atoms with E-state index in [2.05, 4.69) is 5.32 Å². The van der Waals surface area contributed by atoms with Crippen LogP contribution in [0.5, 0.6) is 5.75 Å². The molecule has 0 spiro atoms. The maximum Gasteiger partial charge on any atom is 0.247 e. The molecule has 124 valence electrons. The fourth-order valence-electron chi connectivity index (χ4n) is 2.02. The number of rotatable bonds is 7. The number of carbonyl (C=O) groups is 1. The second-order valence-electron chi connectivity index (χ2n) is 5.31. The average Bonchev–Trinajstić information content (AvgIpc) is 2.43. The van der Waals surface area contributed by atoms with Crippen LogP contribution < -0.4 is 10.1 Å². The second kappa shape index (κ2) is 7.60. The summed E-state index contributed by atoms with van der Waals surface area (Å²) in [6, 6.07) is 4.91. The van der Waals surface area contributed by atoms with Crippen LogP contribution in [0, 0.1) is 6.92 Å². The van der Waals surface area contributed by atoms with Crippen molar-refractivity contribution in [3.05, 3.63) is 23.8 Å². The monoisotopic (exact) mass is 328 g/mol. The van der Waals surface area contributed by atoms with Gasteiger partial charge in [-0.25, -0.2) is 8.42 Å². The van der Waals surface area contributed by atoms with Gasteiger partial charge in [-0.15, -0.1) is 0 Å². The van der Waals surface area contributed by atoms with Gasteiger partial charge in [0.25, 0.3) is 0 Å². The molecule has 0 radical (unpaired) electrons. The first-order chi connectivity index (χ1) is 10.2. The van der Waals surface area contributed by atoms with E-state index >= 15 is 0 Å². The van der Waals surface area contributed by atoms with E-state index in [9.17, 15) is 13.2 Å². The van der Waals surface area contributed by atoms with Crippen LogP contribution >= 0.6 is 0 Å². The number of aryl methyl sites for hydroxylation is 1. The third kappa shape index (κ3) is 4.45. The van der Waals surface area contributed by atoms with Crippen molar-refractivity contribution >= 4 is 15.9 Å². The minimum absolute atomic E-state index is 0.0394. The zero-order valence-electron chi connectivity index (χ0n) is 13.7. The molecule has 1 N–H and O–H groups in total. The summed E-state index contributed by atoms with van der Waals surface area (Å²) in [7, 11) is -2.38. The van der Waals surface area contributed by atoms with Crippen LogP contribution in [0.2, 0.25) is 0 Å². The molecule has 0 aliphatic carbocycles. The van der Waals surface area contributed by atoms with Crippen molar-refractivity contribution in [2.45, 2.75) is 38.6 Å². The first kappa shape index (κ1) is 18.4. The first-order valence-corrected chi connectivity index (χ1v) is 8.60. The fourth-order valence-corrected chi connectivity index (χ4v) is 3.66. The molecule has 1 rings (SSSR count). The summed E-state index contributed by atoms with van der Waals surface area (Å²) >= 11 is 0. The highest BCUT2D eigenvalue weighted by Crippen LogP contribution is 2.27. The van der Waals surface area contributed by atoms with Gasteiger partial charge in [0.15, 0.2) is 0 Å². The number of carbonyl (C=O) groups excluding carboxylic acids is 1. The maximum absolute atomic E-state index is 12.8. The summed E-state index contributed by atoms with van der Waals surface area (Å²) < 4.78 is 31.9. The normalized spacial score (nSPS) is 11.8. The number of likely N-dealkylation sites (N-methyl/N-ethyl adjacent to an activating group) is 1. The molecular formula is C15H24N2O4S. The predicted molar refractivity (Wildman–Crippen MR) is 85.4 cm³/mol. The van der Waals surface area contributed by atoms with Gasteiger partial charge < -0.3 is 10.1 Å². The molecular weight excluding hydrogens is 304 g/mol. The molecule has 0 saturated carbocycles. The molecule has 7 heteroatoms. The van der Waals surface area contributed by atoms with Gasteiger partial charge in [0.1, 0.15) is 10.6 Å². The molecule has 1 aromatic rings. The highest BCUT2D eigenvalue weighted by Gasteiger charge is 2.28. The number of nitrogens with zero attached hydrogens (tertiary/aromatic N) is 1. The Morgan fingerprint density at radius 1 is 1.36 bits per heavy atom. The topological polar surface area (TPSA) is 75.7 Å². The zero-order chi connectivity index (χ0) is 16.9. The van der Waals surface area contributed by atoms with Crippen LogP contribution in [-0.4, -0.2) is 44.9 Å². The van der Waals surface area contributed by atoms with Gasteiger partial charge in [0.05, 0.1) is 13.7 Å². The molecule has 0 aromatic heterocycles. The Labute approximate surface area is 132 Å². The first-order valence-electron chi connectivity index (χ1n) is 7.16. The summed E-state index contributed by atoms with van der Waals surface area (Å²) in [5.41, 5.74) is 0.807. The number of benzene rings is 1. The smallest absolute Gasteiger partial charge is 0.247 e. The van der Waals surface area contributed by atoms with Crippen LogP contribution in [0.1, 0.15) is 26.3 Å². The average molecular weight is 328 g/mol. The standard InChI is InChI=1S/C15H24N2O4S/c1-6-17(10-15(18)16-11(2)3)22(19,20)14-9-12(4)7-8-13(14)21-5/h7-9,11H,6,10H2,1-5H3,(H,16,18). The van der Waals surface area contributed by atoms with E-state index < -0.39 is 10.0 Å². The Bertz CT molecular complexity index is 626. The molecule has 0 unspecified atom stereocenters. The minimum Gasteiger partial charge on any atom is -0.495 e. The van der Waals surface area contributed by atoms with Crippen molar-refractivity contribution in [2.24, 2.45) is 0 Å². The number of ether oxygens (including phenoxy) is 1. The third-order valence-corrected chi connectivity index (χ3v) is 5.00. The lowest BCUT2D eigenvalue weighted by molar-refractivity contribution is -0.121. The molecule has 0 heterocycles. The van der Waals surface area contributed by atoms with E-state index in [4.69, 9.17) is 4.74 Å². The van der Waals surface area contributed by atoms with Crippen molar-refractivity contribution in [1.29, 1.82) is 0 Å². The zero-order valence-corrected chi connectivity index (χ0v) is 14.5. The van der Waals surface area contributed by atoms with Crippen molar-refractivity contribution in [1.82, 2.24) is 9.62 Å². The number of sulfonamides is 1. The van der Waals surface area contributed by atoms with E-state index in [-0.39, 0.29) is 35.7 Å². The van der Waals surface area contributed by atoms with Crippen molar-refractivity contribution in [3.63, 3.8) is 0 Å². The number of methoxy groups -OCH3 is 1. The number of hydrogen-bond donors (Lipinski definition) is 1. The van der Waals surface area contributed by atoms with Gasteiger partial charge in [-0.2, -0.15) is 4.31 Å². The van der Waals surface area contributed by atoms with Gasteiger partial charge in [0.2, 0.25) is 15.9 Å². The van der Waals surface area contributed by atoms with E-state index in [0.29, 0.717) is 0 Å². The van der Waals surface area contributed by atoms with Crippen molar-refractivity contribution in [2.75, 3.05) is 20.2 Å². The molecule has 1 aromatic carbocycles. The molecule has 0 aliphatic rings. The molecule has 6 nitrogen and oxygen atoms in total. The number of hydrogen-bond acceptors (Lipinski definition) is 4. The Balaban J connectivity index is 3.14. The molecule has 22 heavy (non-hydrogen) atoms. The second-order valence-corrected chi connectivity index (χ2v) is 7.21. The summed E-state index contributed by atoms with van der Waals surface area (Å²) in [5, 5.41) is 2.69. The van der Waals surface area contributed by atoms with Crippen LogP contribution in [-0.2, 0) is 14.8 Å². The predicted octanol–water partition coefficient (Wildman–Crippen LogP) is 1.54. The van der Waals surface area contributed by atoms with Crippen LogP contribution in [0.25, 0.3) is 0 Å². The van der Waals surface area contributed by atoms with Crippen molar-refractivity contribution in [3.8, 4) is 5.75 Å². The number of amides is 1. The summed E-state index contributed by atoms with van der Waals surface area (Å²) in [4.78, 5) is 12.0. The van der Waals surface area contributed by atoms with E-state index in [1.54, 1.807) is 32.0 Å². The van der Waals surface area contributed by atoms with E-state index in [1.165, 1.54) is 7.11 Å². The largest absolute Gasteiger partial charge is 0.495 e. The van der Waals surface area contributed by atoms with E-state index in [0.717, 1.165) is 9.87 Å². The van der Waals surface area contributed by atoms with Gasteiger partial charge in [-0.05, 0) is 38.5 Å². The minimum atomic E-state index is -3.80. The Morgan fingerprint density at radius 3 is 2.50 bits per heavy atom. The molecule has 0 saturated heterocycles. The number of nitrogens with one attached hydrogen (secondary N) is 1. The van der Waals surface area contributed by atoms with Crippen molar-refractivity contribution < 1.29 is 17.9 Å². The van der Waals surface area contributed by atoms with E-state index in [1.807, 2.05) is 13.8 Å². The lowest BCUT2D eigenvalue weighted by Crippen LogP contribution is -2.42. The summed E-state index contributed by atoms with van der Waals surface area (Å²) in [6.45, 7) is 7.14. The van der Waals surface area contributed by atoms with Gasteiger partial charge in [-0.1, -0.05) is 13.0 Å². The van der Waals surface area contributed by atoms with Gasteiger partial charge in [0, 0.05) is 12.6 Å². The van der Waals surface area contributed by atoms with Crippen LogP contribution in [0.15, 0.2) is 23.1 Å². The van der Waals surface area contributed by atoms with Gasteiger partial charge in [-0.3, -0.25) is 4.79 Å².